The van der Waals surface area contributed by atoms with Gasteiger partial charge in [-0.25, -0.2) is 0 Å². The highest BCUT2D eigenvalue weighted by Crippen LogP contribution is 2.40. The van der Waals surface area contributed by atoms with Crippen molar-refractivity contribution in [2.75, 3.05) is 20.3 Å². The van der Waals surface area contributed by atoms with Gasteiger partial charge in [-0.3, -0.25) is 4.79 Å². The van der Waals surface area contributed by atoms with Crippen molar-refractivity contribution in [1.29, 1.82) is 0 Å². The van der Waals surface area contributed by atoms with Crippen molar-refractivity contribution in [2.45, 2.75) is 45.6 Å². The van der Waals surface area contributed by atoms with Crippen LogP contribution in [-0.4, -0.2) is 37.4 Å². The van der Waals surface area contributed by atoms with Crippen molar-refractivity contribution in [3.63, 3.8) is 0 Å². The van der Waals surface area contributed by atoms with E-state index in [4.69, 9.17) is 4.74 Å². The molecule has 17 heavy (non-hydrogen) atoms. The van der Waals surface area contributed by atoms with Gasteiger partial charge in [0.05, 0.1) is 6.61 Å². The Labute approximate surface area is 104 Å². The minimum absolute atomic E-state index is 0.113. The Balaban J connectivity index is 2.31. The lowest BCUT2D eigenvalue weighted by atomic mass is 9.69. The number of methoxy groups -OCH3 is 1. The second kappa shape index (κ2) is 6.36. The number of hydrogen-bond donors (Lipinski definition) is 2. The molecule has 1 aliphatic carbocycles. The summed E-state index contributed by atoms with van der Waals surface area (Å²) in [5.41, 5.74) is 0.113. The summed E-state index contributed by atoms with van der Waals surface area (Å²) in [6.07, 6.45) is 3.04. The van der Waals surface area contributed by atoms with E-state index in [0.717, 1.165) is 12.8 Å². The maximum Gasteiger partial charge on any atom is 0.248 e. The second-order valence-electron chi connectivity index (χ2n) is 5.65. The van der Waals surface area contributed by atoms with E-state index in [-0.39, 0.29) is 11.3 Å². The van der Waals surface area contributed by atoms with Gasteiger partial charge in [0.25, 0.3) is 0 Å². The standard InChI is InChI=1S/C13H25NO3/c1-10(2)7-11(15)12(16)14-8-13(9-17-3)5-4-6-13/h10-11,15H,4-9H2,1-3H3,(H,14,16)/t11-/m1/s1. The third-order valence-corrected chi connectivity index (χ3v) is 3.50. The third kappa shape index (κ3) is 4.28. The maximum atomic E-state index is 11.7. The average molecular weight is 243 g/mol. The quantitative estimate of drug-likeness (QED) is 0.709. The predicted molar refractivity (Wildman–Crippen MR) is 66.6 cm³/mol. The normalized spacial score (nSPS) is 19.8. The number of rotatable bonds is 7. The molecule has 4 heteroatoms. The van der Waals surface area contributed by atoms with Gasteiger partial charge >= 0.3 is 0 Å². The van der Waals surface area contributed by atoms with Crippen LogP contribution in [0, 0.1) is 11.3 Å². The molecule has 0 aromatic carbocycles. The van der Waals surface area contributed by atoms with Crippen LogP contribution >= 0.6 is 0 Å². The van der Waals surface area contributed by atoms with E-state index in [9.17, 15) is 9.90 Å². The van der Waals surface area contributed by atoms with Crippen LogP contribution in [0.25, 0.3) is 0 Å². The van der Waals surface area contributed by atoms with E-state index in [0.29, 0.717) is 25.5 Å². The first-order valence-corrected chi connectivity index (χ1v) is 6.44. The minimum Gasteiger partial charge on any atom is -0.384 e. The molecule has 0 heterocycles. The van der Waals surface area contributed by atoms with Gasteiger partial charge in [-0.05, 0) is 25.2 Å². The molecule has 0 spiro atoms. The molecular weight excluding hydrogens is 218 g/mol. The zero-order valence-corrected chi connectivity index (χ0v) is 11.2. The summed E-state index contributed by atoms with van der Waals surface area (Å²) in [5, 5.41) is 12.5. The molecule has 4 nitrogen and oxygen atoms in total. The average Bonchev–Trinajstić information content (AvgIpc) is 2.20. The lowest BCUT2D eigenvalue weighted by Crippen LogP contribution is -2.47. The number of aliphatic hydroxyl groups excluding tert-OH is 1. The molecule has 1 amide bonds. The molecule has 0 aliphatic heterocycles. The Kier molecular flexibility index (Phi) is 5.40. The monoisotopic (exact) mass is 243 g/mol. The van der Waals surface area contributed by atoms with Gasteiger partial charge < -0.3 is 15.2 Å². The summed E-state index contributed by atoms with van der Waals surface area (Å²) in [6.45, 7) is 5.30. The first-order valence-electron chi connectivity index (χ1n) is 6.44. The summed E-state index contributed by atoms with van der Waals surface area (Å²) >= 11 is 0. The smallest absolute Gasteiger partial charge is 0.248 e. The van der Waals surface area contributed by atoms with Gasteiger partial charge in [0.2, 0.25) is 5.91 Å². The number of ether oxygens (including phenoxy) is 1. The molecule has 1 aliphatic rings. The summed E-state index contributed by atoms with van der Waals surface area (Å²) in [7, 11) is 1.69. The summed E-state index contributed by atoms with van der Waals surface area (Å²) < 4.78 is 5.19. The molecule has 2 N–H and O–H groups in total. The first kappa shape index (κ1) is 14.5. The van der Waals surface area contributed by atoms with Gasteiger partial charge in [-0.2, -0.15) is 0 Å². The van der Waals surface area contributed by atoms with E-state index in [2.05, 4.69) is 5.32 Å². The van der Waals surface area contributed by atoms with Crippen LogP contribution in [-0.2, 0) is 9.53 Å². The first-order chi connectivity index (χ1) is 7.99. The van der Waals surface area contributed by atoms with Gasteiger partial charge in [0.15, 0.2) is 0 Å². The third-order valence-electron chi connectivity index (χ3n) is 3.50. The minimum atomic E-state index is -0.880. The van der Waals surface area contributed by atoms with Gasteiger partial charge in [0, 0.05) is 19.1 Å². The largest absolute Gasteiger partial charge is 0.384 e. The Hall–Kier alpha value is -0.610. The molecule has 100 valence electrons. The van der Waals surface area contributed by atoms with E-state index in [1.165, 1.54) is 6.42 Å². The molecular formula is C13H25NO3. The number of amides is 1. The number of hydrogen-bond acceptors (Lipinski definition) is 3. The van der Waals surface area contributed by atoms with E-state index >= 15 is 0 Å². The summed E-state index contributed by atoms with van der Waals surface area (Å²) in [4.78, 5) is 11.7. The van der Waals surface area contributed by atoms with Gasteiger partial charge in [-0.1, -0.05) is 20.3 Å². The van der Waals surface area contributed by atoms with E-state index in [1.54, 1.807) is 7.11 Å². The lowest BCUT2D eigenvalue weighted by Gasteiger charge is -2.41. The fourth-order valence-corrected chi connectivity index (χ4v) is 2.30. The van der Waals surface area contributed by atoms with Crippen LogP contribution in [0.5, 0.6) is 0 Å². The van der Waals surface area contributed by atoms with Crippen LogP contribution < -0.4 is 5.32 Å². The van der Waals surface area contributed by atoms with Gasteiger partial charge in [0.1, 0.15) is 6.10 Å². The zero-order valence-electron chi connectivity index (χ0n) is 11.2. The van der Waals surface area contributed by atoms with Crippen molar-refractivity contribution < 1.29 is 14.6 Å². The number of carbonyl (C=O) groups excluding carboxylic acids is 1. The predicted octanol–water partition coefficient (Wildman–Crippen LogP) is 1.33. The SMILES string of the molecule is COCC1(CNC(=O)[C@H](O)CC(C)C)CCC1. The lowest BCUT2D eigenvalue weighted by molar-refractivity contribution is -0.131. The van der Waals surface area contributed by atoms with Crippen molar-refractivity contribution in [3.05, 3.63) is 0 Å². The van der Waals surface area contributed by atoms with E-state index < -0.39 is 6.10 Å². The Morgan fingerprint density at radius 3 is 2.53 bits per heavy atom. The Bertz CT molecular complexity index is 249. The van der Waals surface area contributed by atoms with Crippen LogP contribution in [0.2, 0.25) is 0 Å². The Morgan fingerprint density at radius 2 is 2.12 bits per heavy atom. The molecule has 1 rings (SSSR count). The van der Waals surface area contributed by atoms with Crippen molar-refractivity contribution in [1.82, 2.24) is 5.32 Å². The molecule has 0 bridgehead atoms. The molecule has 1 fully saturated rings. The summed E-state index contributed by atoms with van der Waals surface area (Å²) in [6, 6.07) is 0. The van der Waals surface area contributed by atoms with Crippen molar-refractivity contribution in [3.8, 4) is 0 Å². The van der Waals surface area contributed by atoms with Crippen LogP contribution in [0.1, 0.15) is 39.5 Å². The van der Waals surface area contributed by atoms with Crippen molar-refractivity contribution in [2.24, 2.45) is 11.3 Å². The fraction of sp³-hybridized carbons (Fsp3) is 0.923. The molecule has 0 radical (unpaired) electrons. The molecule has 0 aromatic rings. The number of aliphatic hydroxyl groups is 1. The molecule has 1 saturated carbocycles. The fourth-order valence-electron chi connectivity index (χ4n) is 2.30. The van der Waals surface area contributed by atoms with E-state index in [1.807, 2.05) is 13.8 Å². The maximum absolute atomic E-state index is 11.7. The van der Waals surface area contributed by atoms with Crippen LogP contribution in [0.3, 0.4) is 0 Å². The summed E-state index contributed by atoms with van der Waals surface area (Å²) in [5.74, 6) is 0.0773. The Morgan fingerprint density at radius 1 is 1.47 bits per heavy atom. The van der Waals surface area contributed by atoms with Crippen LogP contribution in [0.15, 0.2) is 0 Å². The zero-order chi connectivity index (χ0) is 12.9. The molecule has 0 unspecified atom stereocenters. The molecule has 0 saturated heterocycles. The number of nitrogens with one attached hydrogen (secondary N) is 1. The van der Waals surface area contributed by atoms with Crippen LogP contribution in [0.4, 0.5) is 0 Å². The highest BCUT2D eigenvalue weighted by Gasteiger charge is 2.37. The topological polar surface area (TPSA) is 58.6 Å². The second-order valence-corrected chi connectivity index (χ2v) is 5.65. The highest BCUT2D eigenvalue weighted by atomic mass is 16.5. The molecule has 1 atom stereocenters. The highest BCUT2D eigenvalue weighted by molar-refractivity contribution is 5.80. The van der Waals surface area contributed by atoms with Crippen molar-refractivity contribution >= 4 is 5.91 Å². The molecule has 0 aromatic heterocycles. The number of carbonyl (C=O) groups is 1. The van der Waals surface area contributed by atoms with Gasteiger partial charge in [-0.15, -0.1) is 0 Å².